The molecule has 0 aliphatic carbocycles. The van der Waals surface area contributed by atoms with E-state index in [9.17, 15) is 0 Å². The van der Waals surface area contributed by atoms with Crippen molar-refractivity contribution in [1.82, 2.24) is 0 Å². The van der Waals surface area contributed by atoms with Crippen LogP contribution in [0.3, 0.4) is 0 Å². The number of rotatable bonds is 6. The van der Waals surface area contributed by atoms with Crippen LogP contribution >= 0.6 is 0 Å². The van der Waals surface area contributed by atoms with Gasteiger partial charge in [-0.1, -0.05) is 0 Å². The molecule has 1 aliphatic rings. The van der Waals surface area contributed by atoms with E-state index in [1.54, 1.807) is 13.3 Å². The molecule has 1 fully saturated rings. The van der Waals surface area contributed by atoms with Crippen LogP contribution in [-0.4, -0.2) is 34.9 Å². The second-order valence-corrected chi connectivity index (χ2v) is 67.0. The van der Waals surface area contributed by atoms with Crippen LogP contribution in [-0.2, 0) is 3.07 Å². The molecule has 0 amide bonds. The zero-order chi connectivity index (χ0) is 13.9. The van der Waals surface area contributed by atoms with E-state index in [1.165, 1.54) is 28.1 Å². The van der Waals surface area contributed by atoms with Crippen LogP contribution in [0.15, 0.2) is 0 Å². The van der Waals surface area contributed by atoms with Crippen LogP contribution in [0.2, 0.25) is 22.2 Å². The fraction of sp³-hybridized carbons (Fsp3) is 1.00. The molecule has 0 unspecified atom stereocenters. The van der Waals surface area contributed by atoms with Gasteiger partial charge in [-0.2, -0.15) is 0 Å². The average molecular weight is 468 g/mol. The molecule has 0 aromatic rings. The van der Waals surface area contributed by atoms with Crippen LogP contribution < -0.4 is 0 Å². The average Bonchev–Trinajstić information content (AvgIpc) is 2.46. The van der Waals surface area contributed by atoms with Crippen molar-refractivity contribution < 1.29 is 3.07 Å². The van der Waals surface area contributed by atoms with Crippen molar-refractivity contribution in [2.24, 2.45) is 0 Å². The van der Waals surface area contributed by atoms with E-state index in [4.69, 9.17) is 3.07 Å². The van der Waals surface area contributed by atoms with Gasteiger partial charge in [0.1, 0.15) is 0 Å². The predicted octanol–water partition coefficient (Wildman–Crippen LogP) is 5.52. The van der Waals surface area contributed by atoms with Gasteiger partial charge in [0.05, 0.1) is 0 Å². The Balaban J connectivity index is 3.14. The van der Waals surface area contributed by atoms with Gasteiger partial charge < -0.3 is 0 Å². The van der Waals surface area contributed by atoms with Gasteiger partial charge in [-0.15, -0.1) is 0 Å². The van der Waals surface area contributed by atoms with Crippen LogP contribution in [0.25, 0.3) is 0 Å². The Labute approximate surface area is 120 Å². The molecule has 3 heteroatoms. The molecule has 1 rings (SSSR count). The third-order valence-electron chi connectivity index (χ3n) is 6.22. The first kappa shape index (κ1) is 17.6. The SMILES string of the molecule is CCC1(CC)C[CH2][Sn]([CH2]C)([CH2]C)[Sn]([CH2]C)([CH2]C)[O]1. The zero-order valence-corrected chi connectivity index (χ0v) is 19.3. The molecule has 108 valence electrons. The Bertz CT molecular complexity index is 253. The summed E-state index contributed by atoms with van der Waals surface area (Å²) in [4.78, 5) is 0. The third kappa shape index (κ3) is 2.79. The molecule has 1 heterocycles. The molecule has 0 bridgehead atoms. The van der Waals surface area contributed by atoms with Gasteiger partial charge in [-0.25, -0.2) is 0 Å². The molecule has 1 nitrogen and oxygen atoms in total. The molecule has 1 saturated heterocycles. The Kier molecular flexibility index (Phi) is 6.86. The third-order valence-corrected chi connectivity index (χ3v) is 103. The van der Waals surface area contributed by atoms with Gasteiger partial charge >= 0.3 is 121 Å². The maximum atomic E-state index is 7.16. The van der Waals surface area contributed by atoms with Gasteiger partial charge in [0.15, 0.2) is 0 Å². The van der Waals surface area contributed by atoms with E-state index in [1.807, 2.05) is 0 Å². The molecule has 1 aliphatic heterocycles. The van der Waals surface area contributed by atoms with Crippen molar-refractivity contribution in [3.05, 3.63) is 0 Å². The van der Waals surface area contributed by atoms with Crippen molar-refractivity contribution in [3.63, 3.8) is 0 Å². The standard InChI is InChI=1S/C7H14O.4C2H5.2Sn/c1-4-7(8,5-2)6-3;4*1-2;;/h1,4-6H2,2-3H3;4*1H2,2H3;;/q-1;;;;;;+1. The van der Waals surface area contributed by atoms with Crippen molar-refractivity contribution in [2.75, 3.05) is 0 Å². The predicted molar refractivity (Wildman–Crippen MR) is 87.3 cm³/mol. The summed E-state index contributed by atoms with van der Waals surface area (Å²) in [7, 11) is 0. The summed E-state index contributed by atoms with van der Waals surface area (Å²) in [6.07, 6.45) is 3.89. The summed E-state index contributed by atoms with van der Waals surface area (Å²) < 4.78 is 14.9. The maximum absolute atomic E-state index is 7.16. The Morgan fingerprint density at radius 3 is 1.67 bits per heavy atom. The molecule has 0 aromatic carbocycles. The molecular formula is C15H34OSn2. The van der Waals surface area contributed by atoms with E-state index >= 15 is 0 Å². The van der Waals surface area contributed by atoms with Crippen LogP contribution in [0.4, 0.5) is 0 Å². The Hall–Kier alpha value is 1.56. The summed E-state index contributed by atoms with van der Waals surface area (Å²) in [6.45, 7) is 14.7. The molecule has 0 radical (unpaired) electrons. The van der Waals surface area contributed by atoms with Gasteiger partial charge in [0.25, 0.3) is 0 Å². The van der Waals surface area contributed by atoms with Crippen molar-refractivity contribution in [3.8, 4) is 0 Å². The summed E-state index contributed by atoms with van der Waals surface area (Å²) >= 11 is -4.14. The first-order chi connectivity index (χ1) is 8.53. The summed E-state index contributed by atoms with van der Waals surface area (Å²) in [5, 5.41) is 0. The summed E-state index contributed by atoms with van der Waals surface area (Å²) in [5.41, 5.74) is 0.298. The quantitative estimate of drug-likeness (QED) is 0.468. The van der Waals surface area contributed by atoms with E-state index in [-0.39, 0.29) is 0 Å². The van der Waals surface area contributed by atoms with E-state index < -0.39 is 29.3 Å². The first-order valence-corrected chi connectivity index (χ1v) is 30.5. The van der Waals surface area contributed by atoms with Gasteiger partial charge in [0, 0.05) is 0 Å². The molecule has 0 N–H and O–H groups in total. The first-order valence-electron chi connectivity index (χ1n) is 8.23. The van der Waals surface area contributed by atoms with E-state index in [0.717, 1.165) is 0 Å². The minimum absolute atomic E-state index is 0.298. The second kappa shape index (κ2) is 7.01. The van der Waals surface area contributed by atoms with Crippen LogP contribution in [0.5, 0.6) is 0 Å². The monoisotopic (exact) mass is 470 g/mol. The molecule has 18 heavy (non-hydrogen) atoms. The van der Waals surface area contributed by atoms with E-state index in [2.05, 4.69) is 41.5 Å². The number of hydrogen-bond donors (Lipinski definition) is 0. The van der Waals surface area contributed by atoms with Crippen molar-refractivity contribution in [2.45, 2.75) is 88.6 Å². The normalized spacial score (nSPS) is 25.0. The Morgan fingerprint density at radius 1 is 0.833 bits per heavy atom. The van der Waals surface area contributed by atoms with Gasteiger partial charge in [-0.3, -0.25) is 0 Å². The zero-order valence-electron chi connectivity index (χ0n) is 13.6. The van der Waals surface area contributed by atoms with E-state index in [0.29, 0.717) is 5.60 Å². The van der Waals surface area contributed by atoms with Crippen molar-refractivity contribution in [1.29, 1.82) is 0 Å². The molecular weight excluding hydrogens is 434 g/mol. The molecule has 0 spiro atoms. The molecule has 0 aromatic heterocycles. The van der Waals surface area contributed by atoms with Gasteiger partial charge in [-0.05, 0) is 0 Å². The van der Waals surface area contributed by atoms with Crippen LogP contribution in [0, 0.1) is 0 Å². The topological polar surface area (TPSA) is 9.23 Å². The Morgan fingerprint density at radius 2 is 1.33 bits per heavy atom. The fourth-order valence-electron chi connectivity index (χ4n) is 4.41. The van der Waals surface area contributed by atoms with Crippen LogP contribution in [0.1, 0.15) is 60.8 Å². The summed E-state index contributed by atoms with van der Waals surface area (Å²) in [5.74, 6) is 0. The fourth-order valence-corrected chi connectivity index (χ4v) is 98.9. The molecule has 0 atom stereocenters. The number of hydrogen-bond acceptors (Lipinski definition) is 1. The summed E-state index contributed by atoms with van der Waals surface area (Å²) in [6, 6.07) is 0. The minimum atomic E-state index is -2.25. The van der Waals surface area contributed by atoms with Gasteiger partial charge in [0.2, 0.25) is 0 Å². The van der Waals surface area contributed by atoms with Crippen molar-refractivity contribution >= 4 is 29.3 Å². The molecule has 0 saturated carbocycles. The second-order valence-electron chi connectivity index (χ2n) is 6.18.